The molecule has 0 spiro atoms. The number of hydrogen-bond donors (Lipinski definition) is 3. The van der Waals surface area contributed by atoms with Crippen LogP contribution in [0.2, 0.25) is 0 Å². The zero-order valence-electron chi connectivity index (χ0n) is 25.3. The van der Waals surface area contributed by atoms with Crippen LogP contribution >= 0.6 is 31.9 Å². The molecule has 0 bridgehead atoms. The molecule has 47 heavy (non-hydrogen) atoms. The first-order valence-electron chi connectivity index (χ1n) is 14.9. The monoisotopic (exact) mass is 819 g/mol. The van der Waals surface area contributed by atoms with Gasteiger partial charge in [0.1, 0.15) is 0 Å². The Morgan fingerprint density at radius 1 is 0.553 bits per heavy atom. The molecule has 2 saturated carbocycles. The fourth-order valence-corrected chi connectivity index (χ4v) is 8.33. The van der Waals surface area contributed by atoms with E-state index in [1.807, 2.05) is 11.0 Å². The SMILES string of the molecule is O=C(CC1(CC(=O)NC(=O)CC2(CC(=O)NOS(=O)(=O)c3ccc(Br)cc3)CCCC2)CCCC1)NOS(=O)(=O)c1ccc(Br)cc1. The molecule has 13 nitrogen and oxygen atoms in total. The summed E-state index contributed by atoms with van der Waals surface area (Å²) < 4.78 is 60.6. The van der Waals surface area contributed by atoms with Crippen molar-refractivity contribution in [1.29, 1.82) is 0 Å². The van der Waals surface area contributed by atoms with Gasteiger partial charge in [0.15, 0.2) is 0 Å². The lowest BCUT2D eigenvalue weighted by Crippen LogP contribution is -2.40. The number of nitrogens with one attached hydrogen (secondary N) is 3. The molecule has 2 fully saturated rings. The second kappa shape index (κ2) is 15.7. The van der Waals surface area contributed by atoms with E-state index in [1.54, 1.807) is 0 Å². The topological polar surface area (TPSA) is 191 Å². The fraction of sp³-hybridized carbons (Fsp3) is 0.467. The van der Waals surface area contributed by atoms with Crippen LogP contribution < -0.4 is 16.3 Å². The first-order chi connectivity index (χ1) is 22.1. The second-order valence-corrected chi connectivity index (χ2v) is 17.0. The van der Waals surface area contributed by atoms with E-state index in [9.17, 15) is 36.0 Å². The van der Waals surface area contributed by atoms with Crippen molar-refractivity contribution in [2.45, 2.75) is 86.8 Å². The maximum atomic E-state index is 13.0. The third kappa shape index (κ3) is 10.6. The predicted octanol–water partition coefficient (Wildman–Crippen LogP) is 4.71. The van der Waals surface area contributed by atoms with Gasteiger partial charge in [-0.15, -0.1) is 8.57 Å². The Hall–Kier alpha value is -2.70. The van der Waals surface area contributed by atoms with E-state index in [1.165, 1.54) is 48.5 Å². The van der Waals surface area contributed by atoms with Crippen LogP contribution in [0.5, 0.6) is 0 Å². The first kappa shape index (κ1) is 37.1. The summed E-state index contributed by atoms with van der Waals surface area (Å²) in [6.07, 6.45) is 4.47. The van der Waals surface area contributed by atoms with Crippen molar-refractivity contribution in [2.75, 3.05) is 0 Å². The number of carbonyl (C=O) groups excluding carboxylic acids is 4. The minimum absolute atomic E-state index is 0.138. The Kier molecular flexibility index (Phi) is 12.4. The zero-order valence-corrected chi connectivity index (χ0v) is 30.1. The van der Waals surface area contributed by atoms with E-state index in [4.69, 9.17) is 8.57 Å². The molecule has 17 heteroatoms. The molecule has 256 valence electrons. The molecular formula is C30H35Br2N3O10S2. The highest BCUT2D eigenvalue weighted by Crippen LogP contribution is 2.45. The molecule has 2 aromatic carbocycles. The molecule has 2 aromatic rings. The standard InChI is InChI=1S/C30H35Br2N3O10S2/c31-21-5-9-23(10-6-21)46(40,41)44-34-27(38)19-29(13-1-2-14-29)17-25(36)33-26(37)18-30(15-3-4-16-30)20-28(39)35-45-47(42,43)24-11-7-22(32)8-12-24/h5-12H,1-4,13-20H2,(H,34,38)(H,35,39)(H,33,36,37). The molecule has 4 amide bonds. The number of carbonyl (C=O) groups is 4. The molecule has 0 aromatic heterocycles. The normalized spacial score (nSPS) is 17.1. The highest BCUT2D eigenvalue weighted by atomic mass is 79.9. The number of imide groups is 1. The van der Waals surface area contributed by atoms with Gasteiger partial charge in [0.25, 0.3) is 0 Å². The van der Waals surface area contributed by atoms with E-state index in [-0.39, 0.29) is 35.5 Å². The summed E-state index contributed by atoms with van der Waals surface area (Å²) in [7, 11) is -8.52. The van der Waals surface area contributed by atoms with E-state index in [0.717, 1.165) is 25.7 Å². The third-order valence-electron chi connectivity index (χ3n) is 8.48. The van der Waals surface area contributed by atoms with Crippen molar-refractivity contribution >= 4 is 75.7 Å². The minimum atomic E-state index is -4.26. The molecule has 0 heterocycles. The van der Waals surface area contributed by atoms with Gasteiger partial charge in [0, 0.05) is 34.6 Å². The number of benzene rings is 2. The van der Waals surface area contributed by atoms with Crippen LogP contribution in [-0.4, -0.2) is 40.5 Å². The van der Waals surface area contributed by atoms with Crippen molar-refractivity contribution in [1.82, 2.24) is 16.3 Å². The van der Waals surface area contributed by atoms with E-state index < -0.39 is 54.7 Å². The molecule has 2 aliphatic carbocycles. The molecule has 0 unspecified atom stereocenters. The van der Waals surface area contributed by atoms with Crippen molar-refractivity contribution < 1.29 is 44.6 Å². The maximum Gasteiger partial charge on any atom is 0.317 e. The van der Waals surface area contributed by atoms with E-state index >= 15 is 0 Å². The highest BCUT2D eigenvalue weighted by Gasteiger charge is 2.41. The number of hydrogen-bond acceptors (Lipinski definition) is 10. The van der Waals surface area contributed by atoms with Gasteiger partial charge in [-0.2, -0.15) is 16.8 Å². The first-order valence-corrected chi connectivity index (χ1v) is 19.3. The molecule has 0 saturated heterocycles. The van der Waals surface area contributed by atoms with Crippen LogP contribution in [0.15, 0.2) is 67.3 Å². The van der Waals surface area contributed by atoms with Gasteiger partial charge in [-0.25, -0.2) is 11.0 Å². The van der Waals surface area contributed by atoms with E-state index in [2.05, 4.69) is 37.2 Å². The summed E-state index contributed by atoms with van der Waals surface area (Å²) in [6, 6.07) is 11.3. The van der Waals surface area contributed by atoms with Gasteiger partial charge in [0.2, 0.25) is 23.6 Å². The number of hydroxylamine groups is 2. The van der Waals surface area contributed by atoms with Crippen LogP contribution in [0, 0.1) is 10.8 Å². The quantitative estimate of drug-likeness (QED) is 0.225. The third-order valence-corrected chi connectivity index (χ3v) is 11.8. The van der Waals surface area contributed by atoms with Crippen molar-refractivity contribution in [3.63, 3.8) is 0 Å². The Morgan fingerprint density at radius 3 is 1.17 bits per heavy atom. The smallest absolute Gasteiger partial charge is 0.296 e. The van der Waals surface area contributed by atoms with Gasteiger partial charge in [0.05, 0.1) is 9.79 Å². The highest BCUT2D eigenvalue weighted by molar-refractivity contribution is 9.10. The van der Waals surface area contributed by atoms with Gasteiger partial charge < -0.3 is 0 Å². The average Bonchev–Trinajstić information content (AvgIpc) is 3.65. The van der Waals surface area contributed by atoms with Crippen molar-refractivity contribution in [3.05, 3.63) is 57.5 Å². The lowest BCUT2D eigenvalue weighted by Gasteiger charge is -2.29. The lowest BCUT2D eigenvalue weighted by molar-refractivity contribution is -0.134. The molecule has 2 aliphatic rings. The van der Waals surface area contributed by atoms with E-state index in [0.29, 0.717) is 34.6 Å². The Labute approximate surface area is 290 Å². The van der Waals surface area contributed by atoms with Crippen LogP contribution in [0.4, 0.5) is 0 Å². The van der Waals surface area contributed by atoms with Gasteiger partial charge in [-0.1, -0.05) is 57.5 Å². The number of halogens is 2. The summed E-state index contributed by atoms with van der Waals surface area (Å²) in [5.41, 5.74) is 2.38. The summed E-state index contributed by atoms with van der Waals surface area (Å²) in [4.78, 5) is 51.2. The van der Waals surface area contributed by atoms with Gasteiger partial charge in [-0.3, -0.25) is 24.5 Å². The van der Waals surface area contributed by atoms with Crippen molar-refractivity contribution in [2.24, 2.45) is 10.8 Å². The molecule has 0 radical (unpaired) electrons. The lowest BCUT2D eigenvalue weighted by atomic mass is 9.78. The molecular weight excluding hydrogens is 786 g/mol. The summed E-state index contributed by atoms with van der Waals surface area (Å²) in [5.74, 6) is -2.61. The predicted molar refractivity (Wildman–Crippen MR) is 175 cm³/mol. The van der Waals surface area contributed by atoms with Crippen molar-refractivity contribution in [3.8, 4) is 0 Å². The van der Waals surface area contributed by atoms with Gasteiger partial charge in [-0.05, 0) is 85.0 Å². The van der Waals surface area contributed by atoms with Crippen LogP contribution in [0.1, 0.15) is 77.0 Å². The fourth-order valence-electron chi connectivity index (χ4n) is 6.26. The Balaban J connectivity index is 1.29. The average molecular weight is 822 g/mol. The number of rotatable bonds is 14. The molecule has 0 aliphatic heterocycles. The summed E-state index contributed by atoms with van der Waals surface area (Å²) in [5, 5.41) is 2.39. The van der Waals surface area contributed by atoms with Crippen LogP contribution in [-0.2, 0) is 48.0 Å². The Morgan fingerprint density at radius 2 is 0.851 bits per heavy atom. The maximum absolute atomic E-state index is 13.0. The number of amides is 4. The molecule has 3 N–H and O–H groups in total. The minimum Gasteiger partial charge on any atom is -0.296 e. The van der Waals surface area contributed by atoms with Crippen LogP contribution in [0.25, 0.3) is 0 Å². The molecule has 0 atom stereocenters. The van der Waals surface area contributed by atoms with Crippen LogP contribution in [0.3, 0.4) is 0 Å². The largest absolute Gasteiger partial charge is 0.317 e. The molecule has 4 rings (SSSR count). The second-order valence-electron chi connectivity index (χ2n) is 12.1. The zero-order chi connectivity index (χ0) is 34.3. The van der Waals surface area contributed by atoms with Gasteiger partial charge >= 0.3 is 20.2 Å². The summed E-state index contributed by atoms with van der Waals surface area (Å²) in [6.45, 7) is 0. The Bertz CT molecular complexity index is 1560. The summed E-state index contributed by atoms with van der Waals surface area (Å²) >= 11 is 6.44.